The average Bonchev–Trinajstić information content (AvgIpc) is 3.22. The number of benzene rings is 1. The molecule has 1 saturated carbocycles. The van der Waals surface area contributed by atoms with Gasteiger partial charge in [0.05, 0.1) is 0 Å². The lowest BCUT2D eigenvalue weighted by Gasteiger charge is -2.23. The molecule has 2 amide bonds. The molecule has 1 aliphatic heterocycles. The van der Waals surface area contributed by atoms with Gasteiger partial charge in [0.1, 0.15) is 6.04 Å². The lowest BCUT2D eigenvalue weighted by molar-refractivity contribution is -0.127. The first-order chi connectivity index (χ1) is 10.6. The summed E-state index contributed by atoms with van der Waals surface area (Å²) in [4.78, 5) is 24.5. The van der Waals surface area contributed by atoms with Gasteiger partial charge >= 0.3 is 0 Å². The number of rotatable bonds is 4. The molecule has 2 aliphatic rings. The highest BCUT2D eigenvalue weighted by Crippen LogP contribution is 2.58. The molecule has 3 N–H and O–H groups in total. The van der Waals surface area contributed by atoms with E-state index in [2.05, 4.69) is 16.0 Å². The Hall–Kier alpha value is -1.88. The standard InChI is InChI=1S/C17H23N3O2/c1-12(15(21)20-13-5-3-2-4-6-13)19-16(22)14-11-17(14)7-9-18-10-8-17/h2-6,12,14,18H,7-11H2,1H3,(H,19,22)(H,20,21). The second-order valence-corrected chi connectivity index (χ2v) is 6.45. The first-order valence-corrected chi connectivity index (χ1v) is 7.98. The highest BCUT2D eigenvalue weighted by atomic mass is 16.2. The van der Waals surface area contributed by atoms with Gasteiger partial charge in [-0.1, -0.05) is 18.2 Å². The summed E-state index contributed by atoms with van der Waals surface area (Å²) in [5.41, 5.74) is 0.945. The van der Waals surface area contributed by atoms with E-state index in [1.165, 1.54) is 0 Å². The molecule has 2 unspecified atom stereocenters. The van der Waals surface area contributed by atoms with Crippen molar-refractivity contribution >= 4 is 17.5 Å². The van der Waals surface area contributed by atoms with E-state index in [4.69, 9.17) is 0 Å². The Kier molecular flexibility index (Phi) is 4.16. The fourth-order valence-corrected chi connectivity index (χ4v) is 3.35. The number of piperidine rings is 1. The highest BCUT2D eigenvalue weighted by Gasteiger charge is 2.57. The van der Waals surface area contributed by atoms with Crippen LogP contribution < -0.4 is 16.0 Å². The van der Waals surface area contributed by atoms with Crippen molar-refractivity contribution in [2.24, 2.45) is 11.3 Å². The summed E-state index contributed by atoms with van der Waals surface area (Å²) < 4.78 is 0. The number of nitrogens with one attached hydrogen (secondary N) is 3. The van der Waals surface area contributed by atoms with E-state index in [0.717, 1.165) is 38.0 Å². The minimum absolute atomic E-state index is 0.0256. The third kappa shape index (κ3) is 3.14. The lowest BCUT2D eigenvalue weighted by Crippen LogP contribution is -2.43. The van der Waals surface area contributed by atoms with Gasteiger partial charge in [0.15, 0.2) is 0 Å². The molecule has 0 radical (unpaired) electrons. The Balaban J connectivity index is 1.50. The number of hydrogen-bond acceptors (Lipinski definition) is 3. The van der Waals surface area contributed by atoms with Gasteiger partial charge in [0.2, 0.25) is 11.8 Å². The maximum Gasteiger partial charge on any atom is 0.246 e. The third-order valence-electron chi connectivity index (χ3n) is 4.90. The molecule has 2 fully saturated rings. The van der Waals surface area contributed by atoms with Crippen molar-refractivity contribution in [2.75, 3.05) is 18.4 Å². The molecule has 0 aromatic heterocycles. The number of anilines is 1. The molecule has 1 aromatic rings. The van der Waals surface area contributed by atoms with Crippen LogP contribution in [0, 0.1) is 11.3 Å². The van der Waals surface area contributed by atoms with E-state index in [1.807, 2.05) is 30.3 Å². The summed E-state index contributed by atoms with van der Waals surface area (Å²) in [6.07, 6.45) is 3.10. The molecule has 22 heavy (non-hydrogen) atoms. The van der Waals surface area contributed by atoms with E-state index >= 15 is 0 Å². The zero-order valence-electron chi connectivity index (χ0n) is 12.9. The molecule has 1 heterocycles. The fourth-order valence-electron chi connectivity index (χ4n) is 3.35. The van der Waals surface area contributed by atoms with Crippen LogP contribution in [-0.2, 0) is 9.59 Å². The molecule has 0 bridgehead atoms. The highest BCUT2D eigenvalue weighted by molar-refractivity contribution is 5.97. The number of carbonyl (C=O) groups excluding carboxylic acids is 2. The topological polar surface area (TPSA) is 70.2 Å². The molecule has 5 nitrogen and oxygen atoms in total. The molecular formula is C17H23N3O2. The van der Waals surface area contributed by atoms with Gasteiger partial charge in [-0.2, -0.15) is 0 Å². The summed E-state index contributed by atoms with van der Waals surface area (Å²) in [5, 5.41) is 9.01. The van der Waals surface area contributed by atoms with Gasteiger partial charge in [-0.05, 0) is 56.8 Å². The summed E-state index contributed by atoms with van der Waals surface area (Å²) in [6.45, 7) is 3.72. The van der Waals surface area contributed by atoms with E-state index in [0.29, 0.717) is 0 Å². The van der Waals surface area contributed by atoms with Crippen LogP contribution in [0.15, 0.2) is 30.3 Å². The quantitative estimate of drug-likeness (QED) is 0.789. The van der Waals surface area contributed by atoms with Gasteiger partial charge in [-0.15, -0.1) is 0 Å². The van der Waals surface area contributed by atoms with Gasteiger partial charge in [-0.25, -0.2) is 0 Å². The van der Waals surface area contributed by atoms with Crippen molar-refractivity contribution in [3.8, 4) is 0 Å². The summed E-state index contributed by atoms with van der Waals surface area (Å²) in [6, 6.07) is 8.77. The van der Waals surface area contributed by atoms with Crippen LogP contribution in [0.2, 0.25) is 0 Å². The minimum Gasteiger partial charge on any atom is -0.344 e. The van der Waals surface area contributed by atoms with Gasteiger partial charge < -0.3 is 16.0 Å². The summed E-state index contributed by atoms with van der Waals surface area (Å²) in [7, 11) is 0. The van der Waals surface area contributed by atoms with Crippen LogP contribution >= 0.6 is 0 Å². The molecule has 1 saturated heterocycles. The molecular weight excluding hydrogens is 278 g/mol. The number of carbonyl (C=O) groups is 2. The monoisotopic (exact) mass is 301 g/mol. The Bertz CT molecular complexity index is 552. The summed E-state index contributed by atoms with van der Waals surface area (Å²) in [5.74, 6) is -0.0706. The Morgan fingerprint density at radius 1 is 1.23 bits per heavy atom. The fraction of sp³-hybridized carbons (Fsp3) is 0.529. The van der Waals surface area contributed by atoms with Crippen molar-refractivity contribution in [3.63, 3.8) is 0 Å². The maximum atomic E-state index is 12.3. The van der Waals surface area contributed by atoms with Crippen LogP contribution in [0.5, 0.6) is 0 Å². The Morgan fingerprint density at radius 3 is 2.59 bits per heavy atom. The van der Waals surface area contributed by atoms with Crippen LogP contribution in [0.1, 0.15) is 26.2 Å². The maximum absolute atomic E-state index is 12.3. The predicted molar refractivity (Wildman–Crippen MR) is 85.3 cm³/mol. The zero-order valence-corrected chi connectivity index (χ0v) is 12.9. The zero-order chi connectivity index (χ0) is 15.6. The molecule has 1 spiro atoms. The van der Waals surface area contributed by atoms with E-state index < -0.39 is 6.04 Å². The van der Waals surface area contributed by atoms with Crippen LogP contribution in [0.3, 0.4) is 0 Å². The summed E-state index contributed by atoms with van der Waals surface area (Å²) >= 11 is 0. The van der Waals surface area contributed by atoms with Crippen LogP contribution in [0.25, 0.3) is 0 Å². The van der Waals surface area contributed by atoms with E-state index in [9.17, 15) is 9.59 Å². The molecule has 1 aromatic carbocycles. The molecule has 2 atom stereocenters. The lowest BCUT2D eigenvalue weighted by atomic mass is 9.91. The van der Waals surface area contributed by atoms with Gasteiger partial charge in [0.25, 0.3) is 0 Å². The van der Waals surface area contributed by atoms with Crippen molar-refractivity contribution in [3.05, 3.63) is 30.3 Å². The molecule has 5 heteroatoms. The first-order valence-electron chi connectivity index (χ1n) is 7.98. The van der Waals surface area contributed by atoms with Gasteiger partial charge in [0, 0.05) is 11.6 Å². The molecule has 118 valence electrons. The smallest absolute Gasteiger partial charge is 0.246 e. The Morgan fingerprint density at radius 2 is 1.91 bits per heavy atom. The number of para-hydroxylation sites is 1. The molecule has 1 aliphatic carbocycles. The largest absolute Gasteiger partial charge is 0.344 e. The predicted octanol–water partition coefficient (Wildman–Crippen LogP) is 1.52. The van der Waals surface area contributed by atoms with Gasteiger partial charge in [-0.3, -0.25) is 9.59 Å². The minimum atomic E-state index is -0.521. The van der Waals surface area contributed by atoms with E-state index in [1.54, 1.807) is 6.92 Å². The van der Waals surface area contributed by atoms with Crippen molar-refractivity contribution < 1.29 is 9.59 Å². The average molecular weight is 301 g/mol. The molecule has 3 rings (SSSR count). The number of amides is 2. The van der Waals surface area contributed by atoms with Crippen LogP contribution in [0.4, 0.5) is 5.69 Å². The third-order valence-corrected chi connectivity index (χ3v) is 4.90. The van der Waals surface area contributed by atoms with E-state index in [-0.39, 0.29) is 23.1 Å². The normalized spacial score (nSPS) is 23.6. The van der Waals surface area contributed by atoms with Crippen molar-refractivity contribution in [1.29, 1.82) is 0 Å². The number of hydrogen-bond donors (Lipinski definition) is 3. The SMILES string of the molecule is CC(NC(=O)C1CC12CCNCC2)C(=O)Nc1ccccc1. The Labute approximate surface area is 130 Å². The second-order valence-electron chi connectivity index (χ2n) is 6.45. The second kappa shape index (κ2) is 6.08. The first kappa shape index (κ1) is 15.0. The van der Waals surface area contributed by atoms with Crippen molar-refractivity contribution in [1.82, 2.24) is 10.6 Å². The van der Waals surface area contributed by atoms with Crippen LogP contribution in [-0.4, -0.2) is 30.9 Å². The van der Waals surface area contributed by atoms with Crippen molar-refractivity contribution in [2.45, 2.75) is 32.2 Å².